The van der Waals surface area contributed by atoms with Gasteiger partial charge in [0.25, 0.3) is 5.91 Å². The van der Waals surface area contributed by atoms with Gasteiger partial charge in [-0.2, -0.15) is 0 Å². The average Bonchev–Trinajstić information content (AvgIpc) is 3.21. The van der Waals surface area contributed by atoms with Crippen LogP contribution in [-0.2, 0) is 22.5 Å². The summed E-state index contributed by atoms with van der Waals surface area (Å²) in [7, 11) is 0. The van der Waals surface area contributed by atoms with Crippen molar-refractivity contribution in [1.82, 2.24) is 10.9 Å². The van der Waals surface area contributed by atoms with E-state index in [1.54, 1.807) is 12.1 Å². The maximum atomic E-state index is 13.5. The lowest BCUT2D eigenvalue weighted by atomic mass is 9.84. The van der Waals surface area contributed by atoms with Crippen LogP contribution < -0.4 is 15.6 Å². The Bertz CT molecular complexity index is 1070. The van der Waals surface area contributed by atoms with Crippen molar-refractivity contribution in [3.63, 3.8) is 0 Å². The second kappa shape index (κ2) is 12.8. The van der Waals surface area contributed by atoms with Crippen molar-refractivity contribution in [1.29, 1.82) is 0 Å². The number of nitrogens with one attached hydrogen (secondary N) is 2. The van der Waals surface area contributed by atoms with Crippen LogP contribution in [0.2, 0.25) is 0 Å². The molecule has 10 heteroatoms. The number of aliphatic hydroxyl groups excluding tert-OH is 1. The molecule has 2 aromatic rings. The number of hydrazine groups is 1. The zero-order chi connectivity index (χ0) is 25.1. The molecule has 2 atom stereocenters. The minimum Gasteiger partial charge on any atom is -0.494 e. The molecule has 186 valence electrons. The molecule has 2 aromatic carbocycles. The Labute approximate surface area is 205 Å². The highest BCUT2D eigenvalue weighted by Gasteiger charge is 2.50. The first-order valence-corrected chi connectivity index (χ1v) is 11.8. The quantitative estimate of drug-likeness (QED) is 0.132. The first-order valence-electron chi connectivity index (χ1n) is 11.8. The normalized spacial score (nSPS) is 18.8. The van der Waals surface area contributed by atoms with Crippen LogP contribution in [0.1, 0.15) is 43.4 Å². The monoisotopic (exact) mass is 480 g/mol. The third kappa shape index (κ3) is 6.51. The fourth-order valence-electron chi connectivity index (χ4n) is 3.80. The Hall–Kier alpha value is -3.59. The summed E-state index contributed by atoms with van der Waals surface area (Å²) in [6.45, 7) is 5.15. The number of nitrogens with zero attached hydrogens (tertiary/aromatic N) is 4. The summed E-state index contributed by atoms with van der Waals surface area (Å²) >= 11 is 0. The standard InChI is InChI=1S/C25H32N6O4/c1-3-13-27-30-24(33)25(16-20-7-4-5-8-21(20)17-28-31-26)18(2)35-23(29-25)19-9-11-22(12-10-19)34-15-6-14-32/h4-5,7-12,18,27,32H,3,6,13-17H2,1-2H3,(H,30,33)/t18-,25-/m0/s1. The van der Waals surface area contributed by atoms with Crippen LogP contribution in [0, 0.1) is 0 Å². The fourth-order valence-corrected chi connectivity index (χ4v) is 3.80. The maximum Gasteiger partial charge on any atom is 0.266 e. The number of carbonyl (C=O) groups is 1. The van der Waals surface area contributed by atoms with Gasteiger partial charge in [-0.25, -0.2) is 10.4 Å². The van der Waals surface area contributed by atoms with E-state index >= 15 is 0 Å². The van der Waals surface area contributed by atoms with Crippen LogP contribution >= 0.6 is 0 Å². The summed E-state index contributed by atoms with van der Waals surface area (Å²) in [5.41, 5.74) is 15.7. The summed E-state index contributed by atoms with van der Waals surface area (Å²) in [4.78, 5) is 21.2. The van der Waals surface area contributed by atoms with Gasteiger partial charge >= 0.3 is 0 Å². The highest BCUT2D eigenvalue weighted by Crippen LogP contribution is 2.33. The van der Waals surface area contributed by atoms with Crippen LogP contribution in [0.5, 0.6) is 5.75 Å². The van der Waals surface area contributed by atoms with E-state index < -0.39 is 11.6 Å². The number of amides is 1. The van der Waals surface area contributed by atoms with Crippen LogP contribution in [-0.4, -0.2) is 48.3 Å². The van der Waals surface area contributed by atoms with Crippen molar-refractivity contribution in [2.75, 3.05) is 19.8 Å². The summed E-state index contributed by atoms with van der Waals surface area (Å²) < 4.78 is 11.7. The second-order valence-electron chi connectivity index (χ2n) is 8.27. The SMILES string of the molecule is CCCNNC(=O)[C@@]1(Cc2ccccc2CN=[N+]=[N-])N=C(c2ccc(OCCCO)cc2)O[C@H]1C. The van der Waals surface area contributed by atoms with Gasteiger partial charge in [0.05, 0.1) is 13.2 Å². The molecule has 0 bridgehead atoms. The lowest BCUT2D eigenvalue weighted by molar-refractivity contribution is -0.129. The van der Waals surface area contributed by atoms with Crippen LogP contribution in [0.4, 0.5) is 0 Å². The average molecular weight is 481 g/mol. The van der Waals surface area contributed by atoms with Crippen LogP contribution in [0.3, 0.4) is 0 Å². The molecule has 1 heterocycles. The first-order chi connectivity index (χ1) is 17.0. The number of azide groups is 1. The van der Waals surface area contributed by atoms with Crippen molar-refractivity contribution in [2.24, 2.45) is 10.1 Å². The number of hydrogen-bond donors (Lipinski definition) is 3. The molecule has 1 aliphatic rings. The molecule has 1 aliphatic heterocycles. The largest absolute Gasteiger partial charge is 0.494 e. The molecule has 3 rings (SSSR count). The molecular weight excluding hydrogens is 448 g/mol. The maximum absolute atomic E-state index is 13.5. The smallest absolute Gasteiger partial charge is 0.266 e. The van der Waals surface area contributed by atoms with Crippen molar-refractivity contribution in [3.05, 3.63) is 75.7 Å². The Kier molecular flexibility index (Phi) is 9.48. The first kappa shape index (κ1) is 26.0. The molecule has 0 fully saturated rings. The zero-order valence-corrected chi connectivity index (χ0v) is 20.1. The topological polar surface area (TPSA) is 141 Å². The van der Waals surface area contributed by atoms with Crippen LogP contribution in [0.25, 0.3) is 10.4 Å². The van der Waals surface area contributed by atoms with Gasteiger partial charge in [-0.05, 0) is 54.3 Å². The number of ether oxygens (including phenoxy) is 2. The molecular formula is C25H32N6O4. The van der Waals surface area contributed by atoms with Gasteiger partial charge in [-0.1, -0.05) is 36.3 Å². The number of aliphatic imine (C=N–C) groups is 1. The van der Waals surface area contributed by atoms with E-state index in [0.717, 1.165) is 23.1 Å². The van der Waals surface area contributed by atoms with E-state index in [0.29, 0.717) is 31.2 Å². The predicted octanol–water partition coefficient (Wildman–Crippen LogP) is 3.44. The van der Waals surface area contributed by atoms with E-state index in [9.17, 15) is 4.79 Å². The zero-order valence-electron chi connectivity index (χ0n) is 20.1. The Morgan fingerprint density at radius 2 is 2.00 bits per heavy atom. The lowest BCUT2D eigenvalue weighted by Crippen LogP contribution is -2.56. The van der Waals surface area contributed by atoms with Gasteiger partial charge in [0.2, 0.25) is 5.90 Å². The second-order valence-corrected chi connectivity index (χ2v) is 8.27. The summed E-state index contributed by atoms with van der Waals surface area (Å²) in [6.07, 6.45) is 1.14. The lowest BCUT2D eigenvalue weighted by Gasteiger charge is -2.29. The molecule has 1 amide bonds. The molecule has 0 unspecified atom stereocenters. The molecule has 3 N–H and O–H groups in total. The van der Waals surface area contributed by atoms with Crippen molar-refractivity contribution < 1.29 is 19.4 Å². The number of benzene rings is 2. The summed E-state index contributed by atoms with van der Waals surface area (Å²) in [5, 5.41) is 12.6. The Balaban J connectivity index is 1.93. The highest BCUT2D eigenvalue weighted by molar-refractivity contribution is 6.00. The number of rotatable bonds is 13. The highest BCUT2D eigenvalue weighted by atomic mass is 16.5. The number of hydrogen-bond acceptors (Lipinski definition) is 7. The predicted molar refractivity (Wildman–Crippen MR) is 133 cm³/mol. The van der Waals surface area contributed by atoms with Gasteiger partial charge in [0.15, 0.2) is 5.54 Å². The van der Waals surface area contributed by atoms with Gasteiger partial charge < -0.3 is 14.6 Å². The fraction of sp³-hybridized carbons (Fsp3) is 0.440. The summed E-state index contributed by atoms with van der Waals surface area (Å²) in [6, 6.07) is 14.8. The number of carbonyl (C=O) groups excluding carboxylic acids is 1. The van der Waals surface area contributed by atoms with Crippen molar-refractivity contribution in [3.8, 4) is 5.75 Å². The third-order valence-electron chi connectivity index (χ3n) is 5.79. The van der Waals surface area contributed by atoms with Crippen LogP contribution in [0.15, 0.2) is 58.6 Å². The van der Waals surface area contributed by atoms with E-state index in [-0.39, 0.29) is 25.5 Å². The van der Waals surface area contributed by atoms with Gasteiger partial charge in [-0.15, -0.1) is 0 Å². The van der Waals surface area contributed by atoms with E-state index in [1.165, 1.54) is 0 Å². The third-order valence-corrected chi connectivity index (χ3v) is 5.79. The number of aliphatic hydroxyl groups is 1. The minimum absolute atomic E-state index is 0.0733. The molecule has 0 saturated carbocycles. The molecule has 0 aliphatic carbocycles. The van der Waals surface area contributed by atoms with Gasteiger partial charge in [-0.3, -0.25) is 10.2 Å². The molecule has 10 nitrogen and oxygen atoms in total. The van der Waals surface area contributed by atoms with Gasteiger partial charge in [0, 0.05) is 36.5 Å². The Morgan fingerprint density at radius 1 is 1.26 bits per heavy atom. The molecule has 0 saturated heterocycles. The summed E-state index contributed by atoms with van der Waals surface area (Å²) in [5.74, 6) is 0.752. The minimum atomic E-state index is -1.22. The molecule has 0 spiro atoms. The van der Waals surface area contributed by atoms with Crippen molar-refractivity contribution >= 4 is 11.8 Å². The van der Waals surface area contributed by atoms with Crippen molar-refractivity contribution in [2.45, 2.75) is 51.3 Å². The van der Waals surface area contributed by atoms with E-state index in [1.807, 2.05) is 50.2 Å². The Morgan fingerprint density at radius 3 is 2.69 bits per heavy atom. The van der Waals surface area contributed by atoms with E-state index in [2.05, 4.69) is 20.9 Å². The molecule has 0 radical (unpaired) electrons. The van der Waals surface area contributed by atoms with Gasteiger partial charge in [0.1, 0.15) is 11.9 Å². The molecule has 35 heavy (non-hydrogen) atoms. The molecule has 0 aromatic heterocycles. The van der Waals surface area contributed by atoms with E-state index in [4.69, 9.17) is 25.1 Å².